The number of hydrogen-bond donors (Lipinski definition) is 3. The maximum atomic E-state index is 13.1. The highest BCUT2D eigenvalue weighted by atomic mass is 16.5. The number of pyridine rings is 1. The van der Waals surface area contributed by atoms with E-state index in [0.29, 0.717) is 43.0 Å². The van der Waals surface area contributed by atoms with Crippen LogP contribution < -0.4 is 26.6 Å². The molecule has 5 N–H and O–H groups in total. The van der Waals surface area contributed by atoms with Crippen LogP contribution in [0.15, 0.2) is 61.1 Å². The number of nitrogens with one attached hydrogen (secondary N) is 1. The lowest BCUT2D eigenvalue weighted by molar-refractivity contribution is -0.115. The summed E-state index contributed by atoms with van der Waals surface area (Å²) in [5.41, 5.74) is 14.2. The highest BCUT2D eigenvalue weighted by Gasteiger charge is 2.27. The number of likely N-dealkylation sites (N-methyl/N-ethyl adjacent to an activating group) is 1. The number of hydrogen-bond acceptors (Lipinski definition) is 8. The summed E-state index contributed by atoms with van der Waals surface area (Å²) in [4.78, 5) is 37.2. The summed E-state index contributed by atoms with van der Waals surface area (Å²) >= 11 is 0. The molecular formula is C28H37N7O3. The van der Waals surface area contributed by atoms with Crippen molar-refractivity contribution in [2.24, 2.45) is 11.5 Å². The number of amides is 2. The number of ether oxygens (including phenoxy) is 1. The lowest BCUT2D eigenvalue weighted by Crippen LogP contribution is -2.44. The van der Waals surface area contributed by atoms with Crippen LogP contribution >= 0.6 is 0 Å². The van der Waals surface area contributed by atoms with E-state index in [1.54, 1.807) is 17.0 Å². The van der Waals surface area contributed by atoms with Gasteiger partial charge in [0.1, 0.15) is 5.82 Å². The van der Waals surface area contributed by atoms with Crippen LogP contribution in [0.5, 0.6) is 0 Å². The standard InChI is InChI=1S/C28H37N7O3/c1-3-27(36)35(24-6-12-38-13-7-24)25-15-21(14-22(16-25)28(37)32-19-23(30)17-29)20-4-5-26(31-18-20)34-10-8-33(2)9-11-34/h3-5,14-18,24H,1,6-13,19,29-30H2,2H3,(H,32,37)/b23-17-. The summed E-state index contributed by atoms with van der Waals surface area (Å²) in [5, 5.41) is 2.79. The summed E-state index contributed by atoms with van der Waals surface area (Å²) in [6.07, 6.45) is 5.78. The fraction of sp³-hybridized carbons (Fsp3) is 0.393. The first kappa shape index (κ1) is 27.2. The minimum atomic E-state index is -0.321. The molecule has 2 aliphatic rings. The molecule has 38 heavy (non-hydrogen) atoms. The minimum Gasteiger partial charge on any atom is -0.403 e. The van der Waals surface area contributed by atoms with Crippen molar-refractivity contribution in [1.29, 1.82) is 0 Å². The number of anilines is 2. The molecule has 2 aromatic rings. The van der Waals surface area contributed by atoms with Crippen molar-refractivity contribution in [3.8, 4) is 11.1 Å². The van der Waals surface area contributed by atoms with Crippen molar-refractivity contribution >= 4 is 23.3 Å². The first-order valence-corrected chi connectivity index (χ1v) is 12.9. The Morgan fingerprint density at radius 1 is 1.16 bits per heavy atom. The molecule has 202 valence electrons. The Bertz CT molecular complexity index is 1170. The third-order valence-electron chi connectivity index (χ3n) is 7.00. The number of nitrogens with two attached hydrogens (primary N) is 2. The van der Waals surface area contributed by atoms with Gasteiger partial charge in [0.25, 0.3) is 11.8 Å². The molecule has 4 rings (SSSR count). The Morgan fingerprint density at radius 2 is 1.89 bits per heavy atom. The van der Waals surface area contributed by atoms with Gasteiger partial charge in [-0.25, -0.2) is 4.98 Å². The zero-order valence-electron chi connectivity index (χ0n) is 21.9. The van der Waals surface area contributed by atoms with Gasteiger partial charge in [0.15, 0.2) is 0 Å². The van der Waals surface area contributed by atoms with Crippen LogP contribution in [0, 0.1) is 0 Å². The Labute approximate surface area is 223 Å². The second kappa shape index (κ2) is 12.6. The van der Waals surface area contributed by atoms with E-state index in [1.165, 1.54) is 12.3 Å². The van der Waals surface area contributed by atoms with Crippen molar-refractivity contribution in [3.05, 3.63) is 66.6 Å². The van der Waals surface area contributed by atoms with Crippen molar-refractivity contribution in [2.75, 3.05) is 62.8 Å². The fourth-order valence-corrected chi connectivity index (χ4v) is 4.73. The molecule has 2 aliphatic heterocycles. The van der Waals surface area contributed by atoms with E-state index < -0.39 is 0 Å². The first-order chi connectivity index (χ1) is 18.4. The molecule has 0 aliphatic carbocycles. The SMILES string of the molecule is C=CC(=O)N(c1cc(C(=O)NC/C(N)=C/N)cc(-c2ccc(N3CCN(C)CC3)nc2)c1)C1CCOCC1. The van der Waals surface area contributed by atoms with Crippen LogP contribution in [0.25, 0.3) is 11.1 Å². The number of piperazine rings is 1. The zero-order valence-corrected chi connectivity index (χ0v) is 21.9. The van der Waals surface area contributed by atoms with Crippen molar-refractivity contribution < 1.29 is 14.3 Å². The summed E-state index contributed by atoms with van der Waals surface area (Å²) in [5.74, 6) is 0.378. The van der Waals surface area contributed by atoms with E-state index in [0.717, 1.165) is 43.1 Å². The molecule has 10 heteroatoms. The molecule has 0 atom stereocenters. The lowest BCUT2D eigenvalue weighted by Gasteiger charge is -2.34. The zero-order chi connectivity index (χ0) is 27.1. The minimum absolute atomic E-state index is 0.0611. The first-order valence-electron chi connectivity index (χ1n) is 12.9. The Balaban J connectivity index is 1.70. The molecule has 1 aromatic heterocycles. The van der Waals surface area contributed by atoms with E-state index in [-0.39, 0.29) is 24.4 Å². The van der Waals surface area contributed by atoms with E-state index in [1.807, 2.05) is 24.4 Å². The summed E-state index contributed by atoms with van der Waals surface area (Å²) in [6.45, 7) is 8.80. The predicted molar refractivity (Wildman–Crippen MR) is 150 cm³/mol. The van der Waals surface area contributed by atoms with Crippen LogP contribution in [-0.4, -0.2) is 80.7 Å². The number of rotatable bonds is 8. The molecule has 0 radical (unpaired) electrons. The van der Waals surface area contributed by atoms with Gasteiger partial charge >= 0.3 is 0 Å². The van der Waals surface area contributed by atoms with Gasteiger partial charge in [-0.2, -0.15) is 0 Å². The van der Waals surface area contributed by atoms with Gasteiger partial charge in [-0.15, -0.1) is 0 Å². The van der Waals surface area contributed by atoms with Gasteiger partial charge in [0.05, 0.1) is 6.54 Å². The number of carbonyl (C=O) groups is 2. The smallest absolute Gasteiger partial charge is 0.251 e. The molecule has 0 saturated carbocycles. The highest BCUT2D eigenvalue weighted by Crippen LogP contribution is 2.31. The molecule has 2 amide bonds. The topological polar surface area (TPSA) is 130 Å². The van der Waals surface area contributed by atoms with Crippen LogP contribution in [-0.2, 0) is 9.53 Å². The molecule has 0 spiro atoms. The van der Waals surface area contributed by atoms with Crippen LogP contribution in [0.3, 0.4) is 0 Å². The molecule has 3 heterocycles. The Hall–Kier alpha value is -3.89. The van der Waals surface area contributed by atoms with Crippen LogP contribution in [0.4, 0.5) is 11.5 Å². The van der Waals surface area contributed by atoms with Crippen LogP contribution in [0.2, 0.25) is 0 Å². The average molecular weight is 520 g/mol. The van der Waals surface area contributed by atoms with Gasteiger partial charge in [0, 0.05) is 80.3 Å². The Kier molecular flexibility index (Phi) is 8.98. The summed E-state index contributed by atoms with van der Waals surface area (Å²) in [7, 11) is 2.12. The van der Waals surface area contributed by atoms with Crippen molar-refractivity contribution in [2.45, 2.75) is 18.9 Å². The van der Waals surface area contributed by atoms with Crippen molar-refractivity contribution in [1.82, 2.24) is 15.2 Å². The molecule has 2 fully saturated rings. The quantitative estimate of drug-likeness (QED) is 0.449. The van der Waals surface area contributed by atoms with Crippen LogP contribution in [0.1, 0.15) is 23.2 Å². The number of carbonyl (C=O) groups excluding carboxylic acids is 2. The second-order valence-electron chi connectivity index (χ2n) is 9.64. The van der Waals surface area contributed by atoms with E-state index in [2.05, 4.69) is 28.7 Å². The van der Waals surface area contributed by atoms with Gasteiger partial charge in [-0.05, 0) is 61.9 Å². The maximum absolute atomic E-state index is 13.1. The van der Waals surface area contributed by atoms with E-state index >= 15 is 0 Å². The van der Waals surface area contributed by atoms with E-state index in [4.69, 9.17) is 21.2 Å². The second-order valence-corrected chi connectivity index (χ2v) is 9.64. The number of aromatic nitrogens is 1. The normalized spacial score (nSPS) is 17.2. The predicted octanol–water partition coefficient (Wildman–Crippen LogP) is 1.69. The van der Waals surface area contributed by atoms with Crippen molar-refractivity contribution in [3.63, 3.8) is 0 Å². The maximum Gasteiger partial charge on any atom is 0.251 e. The third-order valence-corrected chi connectivity index (χ3v) is 7.00. The van der Waals surface area contributed by atoms with Gasteiger partial charge in [-0.1, -0.05) is 6.58 Å². The average Bonchev–Trinajstić information content (AvgIpc) is 2.96. The third kappa shape index (κ3) is 6.51. The van der Waals surface area contributed by atoms with Gasteiger partial charge in [-0.3, -0.25) is 9.59 Å². The largest absolute Gasteiger partial charge is 0.403 e. The van der Waals surface area contributed by atoms with Gasteiger partial charge in [0.2, 0.25) is 0 Å². The molecule has 10 nitrogen and oxygen atoms in total. The fourth-order valence-electron chi connectivity index (χ4n) is 4.73. The molecule has 1 aromatic carbocycles. The molecule has 0 unspecified atom stereocenters. The molecule has 0 bridgehead atoms. The molecular weight excluding hydrogens is 482 g/mol. The monoisotopic (exact) mass is 519 g/mol. The molecule has 2 saturated heterocycles. The number of nitrogens with zero attached hydrogens (tertiary/aromatic N) is 4. The highest BCUT2D eigenvalue weighted by molar-refractivity contribution is 6.04. The van der Waals surface area contributed by atoms with E-state index in [9.17, 15) is 9.59 Å². The summed E-state index contributed by atoms with van der Waals surface area (Å²) < 4.78 is 5.52. The lowest BCUT2D eigenvalue weighted by atomic mass is 10.00. The summed E-state index contributed by atoms with van der Waals surface area (Å²) in [6, 6.07) is 9.40. The Morgan fingerprint density at radius 3 is 2.53 bits per heavy atom. The number of benzene rings is 1. The van der Waals surface area contributed by atoms with Gasteiger partial charge < -0.3 is 36.2 Å².